The molecule has 0 aromatic heterocycles. The highest BCUT2D eigenvalue weighted by atomic mass is 16.5. The summed E-state index contributed by atoms with van der Waals surface area (Å²) in [6, 6.07) is 22.6. The van der Waals surface area contributed by atoms with Crippen LogP contribution in [0.1, 0.15) is 43.4 Å². The number of nitrogens with zero attached hydrogens (tertiary/aromatic N) is 1. The van der Waals surface area contributed by atoms with E-state index in [1.54, 1.807) is 0 Å². The van der Waals surface area contributed by atoms with Crippen molar-refractivity contribution in [3.63, 3.8) is 0 Å². The molecule has 2 amide bonds. The van der Waals surface area contributed by atoms with Crippen molar-refractivity contribution < 1.29 is 14.3 Å². The highest BCUT2D eigenvalue weighted by Crippen LogP contribution is 2.34. The lowest BCUT2D eigenvalue weighted by Gasteiger charge is -2.16. The van der Waals surface area contributed by atoms with Crippen molar-refractivity contribution >= 4 is 28.8 Å². The Kier molecular flexibility index (Phi) is 6.31. The van der Waals surface area contributed by atoms with Gasteiger partial charge in [-0.15, -0.1) is 0 Å². The van der Waals surface area contributed by atoms with E-state index in [4.69, 9.17) is 4.74 Å². The van der Waals surface area contributed by atoms with Crippen LogP contribution in [0.25, 0.3) is 5.57 Å². The van der Waals surface area contributed by atoms with Crippen molar-refractivity contribution in [1.82, 2.24) is 0 Å². The minimum Gasteiger partial charge on any atom is -0.494 e. The average Bonchev–Trinajstić information content (AvgIpc) is 3.04. The minimum atomic E-state index is -0.380. The molecule has 3 aromatic carbocycles. The number of carbonyl (C=O) groups excluding carboxylic acids is 2. The number of amides is 2. The molecule has 1 heterocycles. The maximum atomic E-state index is 13.6. The van der Waals surface area contributed by atoms with Crippen LogP contribution < -0.4 is 15.0 Å². The molecule has 5 nitrogen and oxygen atoms in total. The molecule has 1 aliphatic rings. The molecule has 33 heavy (non-hydrogen) atoms. The maximum Gasteiger partial charge on any atom is 0.282 e. The second kappa shape index (κ2) is 9.33. The molecule has 0 fully saturated rings. The number of benzene rings is 3. The summed E-state index contributed by atoms with van der Waals surface area (Å²) in [6.45, 7) is 8.66. The summed E-state index contributed by atoms with van der Waals surface area (Å²) in [6.07, 6.45) is 0. The van der Waals surface area contributed by atoms with Crippen molar-refractivity contribution in [2.75, 3.05) is 16.8 Å². The van der Waals surface area contributed by atoms with E-state index in [1.165, 1.54) is 4.90 Å². The second-order valence-corrected chi connectivity index (χ2v) is 8.39. The largest absolute Gasteiger partial charge is 0.494 e. The van der Waals surface area contributed by atoms with Crippen molar-refractivity contribution in [1.29, 1.82) is 0 Å². The van der Waals surface area contributed by atoms with E-state index in [0.29, 0.717) is 40.8 Å². The number of anilines is 2. The Labute approximate surface area is 194 Å². The molecule has 1 aliphatic heterocycles. The molecular formula is C28H28N2O3. The molecule has 0 aliphatic carbocycles. The summed E-state index contributed by atoms with van der Waals surface area (Å²) >= 11 is 0. The number of nitrogens with one attached hydrogen (secondary N) is 1. The Balaban J connectivity index is 1.76. The van der Waals surface area contributed by atoms with Gasteiger partial charge in [0.15, 0.2) is 0 Å². The zero-order valence-corrected chi connectivity index (χ0v) is 19.4. The van der Waals surface area contributed by atoms with Crippen LogP contribution in [0.5, 0.6) is 5.75 Å². The lowest BCUT2D eigenvalue weighted by atomic mass is 10.0. The normalized spacial score (nSPS) is 13.8. The molecular weight excluding hydrogens is 412 g/mol. The van der Waals surface area contributed by atoms with Gasteiger partial charge in [-0.25, -0.2) is 4.90 Å². The lowest BCUT2D eigenvalue weighted by molar-refractivity contribution is -0.120. The van der Waals surface area contributed by atoms with E-state index in [1.807, 2.05) is 86.6 Å². The first-order valence-corrected chi connectivity index (χ1v) is 11.2. The number of hydrogen-bond acceptors (Lipinski definition) is 4. The molecule has 1 N–H and O–H groups in total. The molecule has 0 spiro atoms. The quantitative estimate of drug-likeness (QED) is 0.464. The first kappa shape index (κ1) is 22.3. The van der Waals surface area contributed by atoms with Crippen LogP contribution in [0.15, 0.2) is 78.5 Å². The van der Waals surface area contributed by atoms with E-state index in [0.717, 1.165) is 11.1 Å². The van der Waals surface area contributed by atoms with Gasteiger partial charge in [0.2, 0.25) is 0 Å². The highest BCUT2D eigenvalue weighted by molar-refractivity contribution is 6.46. The Bertz CT molecular complexity index is 1210. The number of carbonyl (C=O) groups is 2. The third kappa shape index (κ3) is 4.53. The third-order valence-electron chi connectivity index (χ3n) is 5.66. The van der Waals surface area contributed by atoms with Gasteiger partial charge in [-0.1, -0.05) is 61.9 Å². The van der Waals surface area contributed by atoms with Crippen LogP contribution in [-0.4, -0.2) is 18.4 Å². The number of rotatable bonds is 7. The molecule has 5 heteroatoms. The monoisotopic (exact) mass is 440 g/mol. The predicted molar refractivity (Wildman–Crippen MR) is 132 cm³/mol. The summed E-state index contributed by atoms with van der Waals surface area (Å²) in [5.74, 6) is 0.331. The number of hydrogen-bond donors (Lipinski definition) is 1. The summed E-state index contributed by atoms with van der Waals surface area (Å²) in [5.41, 5.74) is 4.77. The van der Waals surface area contributed by atoms with Gasteiger partial charge in [0.1, 0.15) is 11.4 Å². The Hall–Kier alpha value is -3.86. The summed E-state index contributed by atoms with van der Waals surface area (Å²) in [4.78, 5) is 28.4. The molecule has 0 atom stereocenters. The fourth-order valence-corrected chi connectivity index (χ4v) is 3.85. The molecule has 0 radical (unpaired) electrons. The van der Waals surface area contributed by atoms with E-state index in [-0.39, 0.29) is 17.5 Å². The van der Waals surface area contributed by atoms with Gasteiger partial charge in [-0.05, 0) is 55.2 Å². The van der Waals surface area contributed by atoms with Crippen molar-refractivity contribution in [3.8, 4) is 5.75 Å². The highest BCUT2D eigenvalue weighted by Gasteiger charge is 2.40. The van der Waals surface area contributed by atoms with Gasteiger partial charge >= 0.3 is 0 Å². The fraction of sp³-hybridized carbons (Fsp3) is 0.214. The van der Waals surface area contributed by atoms with E-state index >= 15 is 0 Å². The fourth-order valence-electron chi connectivity index (χ4n) is 3.85. The van der Waals surface area contributed by atoms with Gasteiger partial charge in [0.25, 0.3) is 11.8 Å². The van der Waals surface area contributed by atoms with E-state index in [9.17, 15) is 9.59 Å². The molecule has 0 saturated carbocycles. The van der Waals surface area contributed by atoms with E-state index in [2.05, 4.69) is 19.2 Å². The Morgan fingerprint density at radius 1 is 0.909 bits per heavy atom. The SMILES string of the molecule is CCOc1cccc(NC2=C(c3ccc(C)cc3)C(=O)N(c3ccc(C(C)C)cc3)C2=O)c1. The average molecular weight is 441 g/mol. The van der Waals surface area contributed by atoms with Gasteiger partial charge in [0, 0.05) is 11.8 Å². The molecule has 4 rings (SSSR count). The molecule has 168 valence electrons. The number of aryl methyl sites for hydroxylation is 1. The van der Waals surface area contributed by atoms with Crippen LogP contribution in [-0.2, 0) is 9.59 Å². The topological polar surface area (TPSA) is 58.6 Å². The number of imide groups is 1. The summed E-state index contributed by atoms with van der Waals surface area (Å²) in [5, 5.41) is 3.20. The third-order valence-corrected chi connectivity index (χ3v) is 5.66. The first-order valence-electron chi connectivity index (χ1n) is 11.2. The summed E-state index contributed by atoms with van der Waals surface area (Å²) in [7, 11) is 0. The van der Waals surface area contributed by atoms with Crippen molar-refractivity contribution in [3.05, 3.63) is 95.2 Å². The molecule has 0 saturated heterocycles. The molecule has 0 bridgehead atoms. The smallest absolute Gasteiger partial charge is 0.282 e. The molecule has 3 aromatic rings. The van der Waals surface area contributed by atoms with Crippen LogP contribution in [0, 0.1) is 6.92 Å². The second-order valence-electron chi connectivity index (χ2n) is 8.39. The van der Waals surface area contributed by atoms with Gasteiger partial charge in [-0.2, -0.15) is 0 Å². The zero-order chi connectivity index (χ0) is 23.5. The zero-order valence-electron chi connectivity index (χ0n) is 19.4. The van der Waals surface area contributed by atoms with E-state index < -0.39 is 0 Å². The van der Waals surface area contributed by atoms with Crippen molar-refractivity contribution in [2.45, 2.75) is 33.6 Å². The molecule has 0 unspecified atom stereocenters. The minimum absolute atomic E-state index is 0.255. The standard InChI is InChI=1S/C28H28N2O3/c1-5-33-24-8-6-7-22(17-24)29-26-25(21-11-9-19(4)10-12-21)27(31)30(28(26)32)23-15-13-20(14-16-23)18(2)3/h6-18,29H,5H2,1-4H3. The lowest BCUT2D eigenvalue weighted by Crippen LogP contribution is -2.32. The van der Waals surface area contributed by atoms with Crippen molar-refractivity contribution in [2.24, 2.45) is 0 Å². The van der Waals surface area contributed by atoms with Gasteiger partial charge in [-0.3, -0.25) is 9.59 Å². The predicted octanol–water partition coefficient (Wildman–Crippen LogP) is 5.91. The first-order chi connectivity index (χ1) is 15.9. The van der Waals surface area contributed by atoms with Crippen LogP contribution in [0.4, 0.5) is 11.4 Å². The maximum absolute atomic E-state index is 13.6. The summed E-state index contributed by atoms with van der Waals surface area (Å²) < 4.78 is 5.59. The van der Waals surface area contributed by atoms with Gasteiger partial charge < -0.3 is 10.1 Å². The van der Waals surface area contributed by atoms with Crippen LogP contribution >= 0.6 is 0 Å². The van der Waals surface area contributed by atoms with Crippen LogP contribution in [0.3, 0.4) is 0 Å². The number of ether oxygens (including phenoxy) is 1. The van der Waals surface area contributed by atoms with Gasteiger partial charge in [0.05, 0.1) is 17.9 Å². The Morgan fingerprint density at radius 3 is 2.24 bits per heavy atom. The Morgan fingerprint density at radius 2 is 1.61 bits per heavy atom. The van der Waals surface area contributed by atoms with Crippen LogP contribution in [0.2, 0.25) is 0 Å².